The summed E-state index contributed by atoms with van der Waals surface area (Å²) < 4.78 is 17.9. The minimum absolute atomic E-state index is 0.245. The van der Waals surface area contributed by atoms with Gasteiger partial charge in [0.05, 0.1) is 5.75 Å². The SMILES string of the molecule is O=C(NCCCc1ccccc1)c1ccc(CS(=O)Cc2cccc(Cl)c2)o1. The van der Waals surface area contributed by atoms with Gasteiger partial charge in [-0.1, -0.05) is 54.1 Å². The molecule has 0 fully saturated rings. The Hall–Kier alpha value is -2.37. The monoisotopic (exact) mass is 415 g/mol. The molecule has 2 aromatic carbocycles. The van der Waals surface area contributed by atoms with Crippen LogP contribution in [0, 0.1) is 0 Å². The summed E-state index contributed by atoms with van der Waals surface area (Å²) >= 11 is 5.95. The van der Waals surface area contributed by atoms with Gasteiger partial charge in [0, 0.05) is 28.1 Å². The maximum atomic E-state index is 12.3. The highest BCUT2D eigenvalue weighted by molar-refractivity contribution is 7.83. The number of furan rings is 1. The molecule has 0 spiro atoms. The smallest absolute Gasteiger partial charge is 0.286 e. The first-order valence-electron chi connectivity index (χ1n) is 9.10. The van der Waals surface area contributed by atoms with E-state index in [1.807, 2.05) is 30.3 Å². The molecule has 1 N–H and O–H groups in total. The number of rotatable bonds is 9. The van der Waals surface area contributed by atoms with Crippen LogP contribution in [0.15, 0.2) is 71.1 Å². The summed E-state index contributed by atoms with van der Waals surface area (Å²) in [6.07, 6.45) is 1.76. The van der Waals surface area contributed by atoms with E-state index < -0.39 is 10.8 Å². The van der Waals surface area contributed by atoms with Gasteiger partial charge in [0.1, 0.15) is 5.76 Å². The predicted octanol–water partition coefficient (Wildman–Crippen LogP) is 4.74. The maximum absolute atomic E-state index is 12.3. The van der Waals surface area contributed by atoms with E-state index in [4.69, 9.17) is 16.0 Å². The van der Waals surface area contributed by atoms with E-state index in [0.29, 0.717) is 23.1 Å². The quantitative estimate of drug-likeness (QED) is 0.513. The van der Waals surface area contributed by atoms with Gasteiger partial charge in [-0.05, 0) is 48.2 Å². The van der Waals surface area contributed by atoms with Crippen molar-refractivity contribution in [2.75, 3.05) is 6.54 Å². The van der Waals surface area contributed by atoms with Crippen molar-refractivity contribution in [1.82, 2.24) is 5.32 Å². The number of carbonyl (C=O) groups excluding carboxylic acids is 1. The van der Waals surface area contributed by atoms with Gasteiger partial charge >= 0.3 is 0 Å². The van der Waals surface area contributed by atoms with Crippen molar-refractivity contribution < 1.29 is 13.4 Å². The van der Waals surface area contributed by atoms with Gasteiger partial charge < -0.3 is 9.73 Å². The number of amides is 1. The normalized spacial score (nSPS) is 11.9. The molecule has 146 valence electrons. The lowest BCUT2D eigenvalue weighted by Crippen LogP contribution is -2.24. The van der Waals surface area contributed by atoms with Crippen LogP contribution in [-0.4, -0.2) is 16.7 Å². The molecular weight excluding hydrogens is 394 g/mol. The van der Waals surface area contributed by atoms with E-state index in [0.717, 1.165) is 18.4 Å². The standard InChI is InChI=1S/C22H22ClNO3S/c23-19-10-4-8-18(14-19)15-28(26)16-20-11-12-21(27-20)22(25)24-13-5-9-17-6-2-1-3-7-17/h1-4,6-8,10-12,14H,5,9,13,15-16H2,(H,24,25). The molecule has 1 aromatic heterocycles. The highest BCUT2D eigenvalue weighted by Gasteiger charge is 2.13. The average Bonchev–Trinajstić information content (AvgIpc) is 3.14. The number of hydrogen-bond acceptors (Lipinski definition) is 3. The van der Waals surface area contributed by atoms with E-state index >= 15 is 0 Å². The molecule has 0 saturated carbocycles. The molecule has 0 saturated heterocycles. The Balaban J connectivity index is 1.43. The lowest BCUT2D eigenvalue weighted by molar-refractivity contribution is 0.0924. The Morgan fingerprint density at radius 1 is 0.964 bits per heavy atom. The van der Waals surface area contributed by atoms with Crippen molar-refractivity contribution in [2.24, 2.45) is 0 Å². The fraction of sp³-hybridized carbons (Fsp3) is 0.227. The van der Waals surface area contributed by atoms with Gasteiger partial charge in [-0.15, -0.1) is 0 Å². The fourth-order valence-corrected chi connectivity index (χ4v) is 4.16. The molecule has 3 aromatic rings. The van der Waals surface area contributed by atoms with E-state index in [9.17, 15) is 9.00 Å². The van der Waals surface area contributed by atoms with E-state index in [1.54, 1.807) is 24.3 Å². The van der Waals surface area contributed by atoms with Crippen LogP contribution in [0.25, 0.3) is 0 Å². The Kier molecular flexibility index (Phi) is 7.46. The van der Waals surface area contributed by atoms with Crippen LogP contribution in [0.4, 0.5) is 0 Å². The molecule has 0 aliphatic rings. The Morgan fingerprint density at radius 3 is 2.54 bits per heavy atom. The summed E-state index contributed by atoms with van der Waals surface area (Å²) in [6.45, 7) is 0.574. The molecule has 28 heavy (non-hydrogen) atoms. The Bertz CT molecular complexity index is 940. The summed E-state index contributed by atoms with van der Waals surface area (Å²) in [5.74, 6) is 1.18. The Morgan fingerprint density at radius 2 is 1.75 bits per heavy atom. The number of halogens is 1. The predicted molar refractivity (Wildman–Crippen MR) is 113 cm³/mol. The third kappa shape index (κ3) is 6.36. The van der Waals surface area contributed by atoms with Crippen LogP contribution < -0.4 is 5.32 Å². The third-order valence-electron chi connectivity index (χ3n) is 4.18. The lowest BCUT2D eigenvalue weighted by Gasteiger charge is -2.04. The van der Waals surface area contributed by atoms with E-state index in [2.05, 4.69) is 17.4 Å². The number of carbonyl (C=O) groups is 1. The molecule has 0 aliphatic carbocycles. The van der Waals surface area contributed by atoms with Crippen LogP contribution in [0.2, 0.25) is 5.02 Å². The first-order chi connectivity index (χ1) is 13.6. The number of hydrogen-bond donors (Lipinski definition) is 1. The van der Waals surface area contributed by atoms with Gasteiger partial charge in [0.2, 0.25) is 0 Å². The molecule has 6 heteroatoms. The first-order valence-corrected chi connectivity index (χ1v) is 11.0. The molecule has 1 amide bonds. The van der Waals surface area contributed by atoms with Crippen LogP contribution >= 0.6 is 11.6 Å². The van der Waals surface area contributed by atoms with Crippen LogP contribution in [0.3, 0.4) is 0 Å². The minimum atomic E-state index is -1.14. The van der Waals surface area contributed by atoms with Crippen molar-refractivity contribution in [3.8, 4) is 0 Å². The molecular formula is C22H22ClNO3S. The maximum Gasteiger partial charge on any atom is 0.286 e. The molecule has 0 aliphatic heterocycles. The van der Waals surface area contributed by atoms with Crippen LogP contribution in [-0.2, 0) is 28.7 Å². The molecule has 0 bridgehead atoms. The van der Waals surface area contributed by atoms with Gasteiger partial charge in [0.15, 0.2) is 5.76 Å². The van der Waals surface area contributed by atoms with Gasteiger partial charge in [-0.25, -0.2) is 0 Å². The topological polar surface area (TPSA) is 59.3 Å². The van der Waals surface area contributed by atoms with E-state index in [1.165, 1.54) is 5.56 Å². The molecule has 3 rings (SSSR count). The summed E-state index contributed by atoms with van der Waals surface area (Å²) in [5, 5.41) is 3.48. The summed E-state index contributed by atoms with van der Waals surface area (Å²) in [7, 11) is -1.14. The highest BCUT2D eigenvalue weighted by atomic mass is 35.5. The zero-order chi connectivity index (χ0) is 19.8. The summed E-state index contributed by atoms with van der Waals surface area (Å²) in [4.78, 5) is 12.2. The fourth-order valence-electron chi connectivity index (χ4n) is 2.83. The second kappa shape index (κ2) is 10.2. The molecule has 1 heterocycles. The van der Waals surface area contributed by atoms with Crippen molar-refractivity contribution in [3.05, 3.63) is 94.4 Å². The third-order valence-corrected chi connectivity index (χ3v) is 5.67. The molecule has 0 radical (unpaired) electrons. The second-order valence-corrected chi connectivity index (χ2v) is 8.36. The van der Waals surface area contributed by atoms with E-state index in [-0.39, 0.29) is 17.4 Å². The number of benzene rings is 2. The average molecular weight is 416 g/mol. The Labute approximate surface area is 172 Å². The van der Waals surface area contributed by atoms with Crippen molar-refractivity contribution in [1.29, 1.82) is 0 Å². The second-order valence-electron chi connectivity index (χ2n) is 6.47. The van der Waals surface area contributed by atoms with Crippen LogP contribution in [0.1, 0.15) is 33.9 Å². The van der Waals surface area contributed by atoms with Gasteiger partial charge in [-0.3, -0.25) is 9.00 Å². The van der Waals surface area contributed by atoms with Crippen molar-refractivity contribution >= 4 is 28.3 Å². The van der Waals surface area contributed by atoms with Crippen molar-refractivity contribution in [2.45, 2.75) is 24.3 Å². The van der Waals surface area contributed by atoms with Gasteiger partial charge in [-0.2, -0.15) is 0 Å². The summed E-state index contributed by atoms with van der Waals surface area (Å²) in [6, 6.07) is 20.8. The first kappa shape index (κ1) is 20.4. The van der Waals surface area contributed by atoms with Gasteiger partial charge in [0.25, 0.3) is 5.91 Å². The molecule has 1 atom stereocenters. The number of aryl methyl sites for hydroxylation is 1. The minimum Gasteiger partial charge on any atom is -0.455 e. The molecule has 4 nitrogen and oxygen atoms in total. The zero-order valence-electron chi connectivity index (χ0n) is 15.4. The summed E-state index contributed by atoms with van der Waals surface area (Å²) in [5.41, 5.74) is 2.16. The molecule has 1 unspecified atom stereocenters. The number of nitrogens with one attached hydrogen (secondary N) is 1. The van der Waals surface area contributed by atoms with Crippen molar-refractivity contribution in [3.63, 3.8) is 0 Å². The zero-order valence-corrected chi connectivity index (χ0v) is 17.0. The highest BCUT2D eigenvalue weighted by Crippen LogP contribution is 2.15. The van der Waals surface area contributed by atoms with Crippen LogP contribution in [0.5, 0.6) is 0 Å². The lowest BCUT2D eigenvalue weighted by atomic mass is 10.1. The largest absolute Gasteiger partial charge is 0.455 e.